The van der Waals surface area contributed by atoms with E-state index in [1.54, 1.807) is 0 Å². The zero-order chi connectivity index (χ0) is 26.3. The van der Waals surface area contributed by atoms with Crippen LogP contribution in [0.5, 0.6) is 0 Å². The van der Waals surface area contributed by atoms with E-state index in [-0.39, 0.29) is 11.4 Å². The highest BCUT2D eigenvalue weighted by Crippen LogP contribution is 2.56. The van der Waals surface area contributed by atoms with Gasteiger partial charge in [-0.1, -0.05) is 97.4 Å². The van der Waals surface area contributed by atoms with Crippen molar-refractivity contribution in [1.82, 2.24) is 0 Å². The molecule has 0 N–H and O–H groups in total. The van der Waals surface area contributed by atoms with Gasteiger partial charge in [-0.25, -0.2) is 4.79 Å². The molecular weight excluding hydrogens is 544 g/mol. The molecule has 0 radical (unpaired) electrons. The molecule has 2 saturated heterocycles. The van der Waals surface area contributed by atoms with Crippen LogP contribution in [0.25, 0.3) is 0 Å². The molecule has 7 nitrogen and oxygen atoms in total. The smallest absolute Gasteiger partial charge is 0.330 e. The van der Waals surface area contributed by atoms with Crippen molar-refractivity contribution >= 4 is 52.3 Å². The van der Waals surface area contributed by atoms with Gasteiger partial charge in [0.25, 0.3) is 8.32 Å². The average molecular weight is 574 g/mol. The number of hydrogen-bond acceptors (Lipinski definition) is 7. The molecule has 2 aliphatic heterocycles. The maximum Gasteiger partial charge on any atom is 0.330 e. The average Bonchev–Trinajstić information content (AvgIpc) is 3.32. The summed E-state index contributed by atoms with van der Waals surface area (Å²) in [5, 5.41) is 1.44. The molecule has 2 heterocycles. The minimum Gasteiger partial charge on any atom is -0.468 e. The third-order valence-electron chi connectivity index (χ3n) is 6.85. The third-order valence-corrected chi connectivity index (χ3v) is 13.0. The van der Waals surface area contributed by atoms with Crippen LogP contribution in [0.15, 0.2) is 72.3 Å². The summed E-state index contributed by atoms with van der Waals surface area (Å²) >= 11 is 3.50. The van der Waals surface area contributed by atoms with Crippen LogP contribution in [0, 0.1) is 5.92 Å². The summed E-state index contributed by atoms with van der Waals surface area (Å²) in [5.41, 5.74) is 0.173. The first-order valence-electron chi connectivity index (χ1n) is 11.6. The summed E-state index contributed by atoms with van der Waals surface area (Å²) in [7, 11) is -0.807. The molecule has 36 heavy (non-hydrogen) atoms. The van der Waals surface area contributed by atoms with E-state index in [2.05, 4.69) is 36.7 Å². The lowest BCUT2D eigenvalue weighted by atomic mass is 9.80. The predicted molar refractivity (Wildman–Crippen MR) is 140 cm³/mol. The molecule has 0 aromatic heterocycles. The zero-order valence-electron chi connectivity index (χ0n) is 20.8. The quantitative estimate of drug-likeness (QED) is 0.227. The Labute approximate surface area is 220 Å². The number of methoxy groups -OCH3 is 2. The summed E-state index contributed by atoms with van der Waals surface area (Å²) in [6, 6.07) is 19.6. The Kier molecular flexibility index (Phi) is 7.13. The van der Waals surface area contributed by atoms with Crippen LogP contribution < -0.4 is 10.4 Å². The molecule has 9 heteroatoms. The highest BCUT2D eigenvalue weighted by Gasteiger charge is 2.73. The first-order valence-corrected chi connectivity index (χ1v) is 14.4. The minimum atomic E-state index is -3.29. The molecule has 2 aliphatic rings. The van der Waals surface area contributed by atoms with Crippen molar-refractivity contribution in [3.8, 4) is 0 Å². The Bertz CT molecular complexity index is 1150. The zero-order valence-corrected chi connectivity index (χ0v) is 23.4. The van der Waals surface area contributed by atoms with Crippen molar-refractivity contribution in [2.24, 2.45) is 5.92 Å². The van der Waals surface area contributed by atoms with Gasteiger partial charge in [0.15, 0.2) is 11.6 Å². The molecule has 2 bridgehead atoms. The lowest BCUT2D eigenvalue weighted by Crippen LogP contribution is -2.72. The number of ketones is 1. The highest BCUT2D eigenvalue weighted by atomic mass is 79.9. The first kappa shape index (κ1) is 26.5. The molecule has 0 spiro atoms. The SMILES string of the molecule is COC(=O)/C=C1/[C@@H]2O[C@@](O[Si](c3ccccc3)(c3ccccc3)C(C)(C)C)([C@H](Br)C2=O)[C@H]1C(=O)OC. The molecule has 0 amide bonds. The van der Waals surface area contributed by atoms with Crippen molar-refractivity contribution in [1.29, 1.82) is 0 Å². The largest absolute Gasteiger partial charge is 0.468 e. The number of rotatable bonds is 6. The van der Waals surface area contributed by atoms with E-state index in [9.17, 15) is 14.4 Å². The number of fused-ring (bicyclic) bond motifs is 2. The van der Waals surface area contributed by atoms with Crippen molar-refractivity contribution < 1.29 is 33.0 Å². The van der Waals surface area contributed by atoms with Gasteiger partial charge in [0.05, 0.1) is 14.2 Å². The molecular formula is C27H29BrO7Si. The van der Waals surface area contributed by atoms with Gasteiger partial charge in [-0.3, -0.25) is 9.59 Å². The minimum absolute atomic E-state index is 0.173. The van der Waals surface area contributed by atoms with Crippen LogP contribution in [-0.4, -0.2) is 57.0 Å². The van der Waals surface area contributed by atoms with E-state index in [4.69, 9.17) is 18.6 Å². The second kappa shape index (κ2) is 9.70. The molecule has 2 aromatic rings. The van der Waals surface area contributed by atoms with E-state index in [0.29, 0.717) is 0 Å². The molecule has 4 atom stereocenters. The Morgan fingerprint density at radius 2 is 1.50 bits per heavy atom. The van der Waals surface area contributed by atoms with Gasteiger partial charge in [-0.2, -0.15) is 0 Å². The van der Waals surface area contributed by atoms with Crippen LogP contribution in [0.1, 0.15) is 20.8 Å². The lowest BCUT2D eigenvalue weighted by molar-refractivity contribution is -0.182. The van der Waals surface area contributed by atoms with E-state index in [1.807, 2.05) is 60.7 Å². The number of alkyl halides is 1. The number of Topliss-reactive ketones (excluding diaryl/α,β-unsaturated/α-hetero) is 1. The third kappa shape index (κ3) is 3.98. The van der Waals surface area contributed by atoms with E-state index >= 15 is 0 Å². The number of ether oxygens (including phenoxy) is 3. The van der Waals surface area contributed by atoms with Gasteiger partial charge < -0.3 is 18.6 Å². The van der Waals surface area contributed by atoms with Crippen LogP contribution in [0.2, 0.25) is 5.04 Å². The number of benzene rings is 2. The van der Waals surface area contributed by atoms with Crippen molar-refractivity contribution in [3.63, 3.8) is 0 Å². The fourth-order valence-electron chi connectivity index (χ4n) is 5.26. The normalized spacial score (nSPS) is 26.8. The molecule has 2 fully saturated rings. The van der Waals surface area contributed by atoms with Crippen molar-refractivity contribution in [2.45, 2.75) is 42.5 Å². The fourth-order valence-corrected chi connectivity index (χ4v) is 10.8. The van der Waals surface area contributed by atoms with Crippen LogP contribution in [-0.2, 0) is 33.0 Å². The summed E-state index contributed by atoms with van der Waals surface area (Å²) in [5.74, 6) is -4.59. The summed E-state index contributed by atoms with van der Waals surface area (Å²) in [6.45, 7) is 6.25. The Morgan fingerprint density at radius 3 is 1.94 bits per heavy atom. The monoisotopic (exact) mass is 572 g/mol. The number of hydrogen-bond donors (Lipinski definition) is 0. The van der Waals surface area contributed by atoms with E-state index in [1.165, 1.54) is 14.2 Å². The standard InChI is InChI=1S/C27H29BrO7Si/c1-26(2,3)36(17-12-8-6-9-13-17,18-14-10-7-11-15-18)35-27-21(25(31)33-5)19(16-20(29)32-4)23(34-27)22(30)24(27)28/h6-16,21,23-24H,1-5H3/b19-16+/t21-,23+,24-,27+/m1/s1. The molecule has 4 rings (SSSR count). The topological polar surface area (TPSA) is 88.1 Å². The van der Waals surface area contributed by atoms with Gasteiger partial charge in [0, 0.05) is 6.08 Å². The number of carbonyl (C=O) groups excluding carboxylic acids is 3. The van der Waals surface area contributed by atoms with E-state index < -0.39 is 47.9 Å². The summed E-state index contributed by atoms with van der Waals surface area (Å²) < 4.78 is 23.5. The Balaban J connectivity index is 2.01. The summed E-state index contributed by atoms with van der Waals surface area (Å²) in [4.78, 5) is 37.9. The Hall–Kier alpha value is -2.59. The van der Waals surface area contributed by atoms with Gasteiger partial charge in [-0.15, -0.1) is 0 Å². The first-order chi connectivity index (χ1) is 17.0. The number of carbonyl (C=O) groups is 3. The molecule has 190 valence electrons. The van der Waals surface area contributed by atoms with E-state index in [0.717, 1.165) is 16.4 Å². The molecule has 2 aromatic carbocycles. The van der Waals surface area contributed by atoms with Gasteiger partial charge in [0.2, 0.25) is 0 Å². The predicted octanol–water partition coefficient (Wildman–Crippen LogP) is 2.89. The number of esters is 2. The maximum atomic E-state index is 13.3. The van der Waals surface area contributed by atoms with Crippen LogP contribution in [0.3, 0.4) is 0 Å². The highest BCUT2D eigenvalue weighted by molar-refractivity contribution is 9.10. The number of halogens is 1. The van der Waals surface area contributed by atoms with Crippen molar-refractivity contribution in [3.05, 3.63) is 72.3 Å². The second-order valence-electron chi connectivity index (χ2n) is 9.87. The van der Waals surface area contributed by atoms with Gasteiger partial charge in [-0.05, 0) is 21.0 Å². The van der Waals surface area contributed by atoms with Crippen LogP contribution in [0.4, 0.5) is 0 Å². The Morgan fingerprint density at radius 1 is 0.972 bits per heavy atom. The second-order valence-corrected chi connectivity index (χ2v) is 15.0. The maximum absolute atomic E-state index is 13.3. The van der Waals surface area contributed by atoms with Gasteiger partial charge >= 0.3 is 11.9 Å². The summed E-state index contributed by atoms with van der Waals surface area (Å²) in [6.07, 6.45) is -0.00439. The molecule has 0 saturated carbocycles. The fraction of sp³-hybridized carbons (Fsp3) is 0.370. The molecule has 0 aliphatic carbocycles. The lowest BCUT2D eigenvalue weighted by Gasteiger charge is -2.49. The van der Waals surface area contributed by atoms with Crippen LogP contribution >= 0.6 is 15.9 Å². The molecule has 0 unspecified atom stereocenters. The van der Waals surface area contributed by atoms with Crippen molar-refractivity contribution in [2.75, 3.05) is 14.2 Å². The van der Waals surface area contributed by atoms with Gasteiger partial charge in [0.1, 0.15) is 16.8 Å².